The highest BCUT2D eigenvalue weighted by molar-refractivity contribution is 5.81. The van der Waals surface area contributed by atoms with Gasteiger partial charge >= 0.3 is 0 Å². The monoisotopic (exact) mass is 274 g/mol. The minimum Gasteiger partial charge on any atom is -0.374 e. The Morgan fingerprint density at radius 2 is 2.05 bits per heavy atom. The molecule has 1 aromatic carbocycles. The van der Waals surface area contributed by atoms with Crippen LogP contribution in [0.3, 0.4) is 0 Å². The molecule has 0 spiro atoms. The lowest BCUT2D eigenvalue weighted by atomic mass is 9.99. The fraction of sp³-hybridized carbons (Fsp3) is 0.500. The van der Waals surface area contributed by atoms with Crippen LogP contribution in [0.25, 0.3) is 0 Å². The SMILES string of the molecule is CCOC(C)(C)CNC(=O)C(C#N)Cc1ccccc1. The van der Waals surface area contributed by atoms with Crippen LogP contribution >= 0.6 is 0 Å². The molecule has 1 aromatic rings. The van der Waals surface area contributed by atoms with Gasteiger partial charge in [0.2, 0.25) is 5.91 Å². The summed E-state index contributed by atoms with van der Waals surface area (Å²) in [5, 5.41) is 11.9. The van der Waals surface area contributed by atoms with Crippen molar-refractivity contribution in [3.8, 4) is 6.07 Å². The number of nitrogens with one attached hydrogen (secondary N) is 1. The van der Waals surface area contributed by atoms with Gasteiger partial charge in [-0.05, 0) is 32.8 Å². The Balaban J connectivity index is 2.54. The van der Waals surface area contributed by atoms with Crippen molar-refractivity contribution in [2.24, 2.45) is 5.92 Å². The van der Waals surface area contributed by atoms with Gasteiger partial charge in [-0.3, -0.25) is 4.79 Å². The maximum atomic E-state index is 12.0. The summed E-state index contributed by atoms with van der Waals surface area (Å²) in [7, 11) is 0. The standard InChI is InChI=1S/C16H22N2O2/c1-4-20-16(2,3)12-18-15(19)14(11-17)10-13-8-6-5-7-9-13/h5-9,14H,4,10,12H2,1-3H3,(H,18,19). The molecular weight excluding hydrogens is 252 g/mol. The first-order valence-electron chi connectivity index (χ1n) is 6.83. The Morgan fingerprint density at radius 3 is 2.60 bits per heavy atom. The second-order valence-electron chi connectivity index (χ2n) is 5.28. The summed E-state index contributed by atoms with van der Waals surface area (Å²) < 4.78 is 5.51. The summed E-state index contributed by atoms with van der Waals surface area (Å²) in [5.74, 6) is -0.918. The number of amides is 1. The van der Waals surface area contributed by atoms with Crippen molar-refractivity contribution in [1.29, 1.82) is 5.26 Å². The van der Waals surface area contributed by atoms with E-state index in [2.05, 4.69) is 11.4 Å². The van der Waals surface area contributed by atoms with Crippen molar-refractivity contribution < 1.29 is 9.53 Å². The average Bonchev–Trinajstić information content (AvgIpc) is 2.43. The van der Waals surface area contributed by atoms with Crippen LogP contribution in [0.2, 0.25) is 0 Å². The first kappa shape index (κ1) is 16.2. The predicted molar refractivity (Wildman–Crippen MR) is 78.0 cm³/mol. The van der Waals surface area contributed by atoms with Crippen molar-refractivity contribution in [2.45, 2.75) is 32.8 Å². The fourth-order valence-electron chi connectivity index (χ4n) is 1.91. The Hall–Kier alpha value is -1.86. The van der Waals surface area contributed by atoms with E-state index in [4.69, 9.17) is 10.00 Å². The molecule has 0 radical (unpaired) electrons. The molecule has 20 heavy (non-hydrogen) atoms. The van der Waals surface area contributed by atoms with Crippen LogP contribution in [0.5, 0.6) is 0 Å². The Bertz CT molecular complexity index is 463. The highest BCUT2D eigenvalue weighted by Gasteiger charge is 2.23. The highest BCUT2D eigenvalue weighted by atomic mass is 16.5. The zero-order valence-electron chi connectivity index (χ0n) is 12.3. The van der Waals surface area contributed by atoms with E-state index in [-0.39, 0.29) is 5.91 Å². The number of carbonyl (C=O) groups excluding carboxylic acids is 1. The third-order valence-electron chi connectivity index (χ3n) is 2.98. The molecule has 1 N–H and O–H groups in total. The van der Waals surface area contributed by atoms with Gasteiger partial charge in [0.25, 0.3) is 0 Å². The topological polar surface area (TPSA) is 62.1 Å². The number of carbonyl (C=O) groups is 1. The molecule has 108 valence electrons. The number of nitrogens with zero attached hydrogens (tertiary/aromatic N) is 1. The average molecular weight is 274 g/mol. The van der Waals surface area contributed by atoms with Crippen LogP contribution in [0, 0.1) is 17.2 Å². The molecule has 0 aliphatic carbocycles. The molecule has 1 unspecified atom stereocenters. The third kappa shape index (κ3) is 5.41. The van der Waals surface area contributed by atoms with Crippen LogP contribution in [0.15, 0.2) is 30.3 Å². The summed E-state index contributed by atoms with van der Waals surface area (Å²) in [5.41, 5.74) is 0.565. The van der Waals surface area contributed by atoms with Crippen LogP contribution in [0.1, 0.15) is 26.3 Å². The molecule has 0 bridgehead atoms. The number of rotatable bonds is 7. The van der Waals surface area contributed by atoms with Crippen molar-refractivity contribution in [1.82, 2.24) is 5.32 Å². The molecule has 0 fully saturated rings. The number of hydrogen-bond donors (Lipinski definition) is 1. The summed E-state index contributed by atoms with van der Waals surface area (Å²) in [6.07, 6.45) is 0.429. The van der Waals surface area contributed by atoms with Gasteiger partial charge in [0, 0.05) is 13.2 Å². The lowest BCUT2D eigenvalue weighted by molar-refractivity contribution is -0.125. The number of nitriles is 1. The maximum absolute atomic E-state index is 12.0. The quantitative estimate of drug-likeness (QED) is 0.830. The first-order chi connectivity index (χ1) is 9.48. The normalized spacial score (nSPS) is 12.5. The van der Waals surface area contributed by atoms with Gasteiger partial charge in [0.1, 0.15) is 5.92 Å². The van der Waals surface area contributed by atoms with Crippen LogP contribution in [-0.4, -0.2) is 24.7 Å². The Kier molecular flexibility index (Phi) is 6.20. The zero-order valence-corrected chi connectivity index (χ0v) is 12.3. The largest absolute Gasteiger partial charge is 0.374 e. The first-order valence-corrected chi connectivity index (χ1v) is 6.83. The van der Waals surface area contributed by atoms with E-state index >= 15 is 0 Å². The van der Waals surface area contributed by atoms with Crippen LogP contribution < -0.4 is 5.32 Å². The van der Waals surface area contributed by atoms with Crippen molar-refractivity contribution in [3.63, 3.8) is 0 Å². The van der Waals surface area contributed by atoms with E-state index in [0.717, 1.165) is 5.56 Å². The molecule has 1 atom stereocenters. The van der Waals surface area contributed by atoms with Gasteiger partial charge in [-0.25, -0.2) is 0 Å². The third-order valence-corrected chi connectivity index (χ3v) is 2.98. The fourth-order valence-corrected chi connectivity index (χ4v) is 1.91. The minimum absolute atomic E-state index is 0.246. The van der Waals surface area contributed by atoms with Gasteiger partial charge in [0.15, 0.2) is 0 Å². The number of hydrogen-bond acceptors (Lipinski definition) is 3. The minimum atomic E-state index is -0.671. The van der Waals surface area contributed by atoms with E-state index in [0.29, 0.717) is 19.6 Å². The molecule has 0 saturated heterocycles. The van der Waals surface area contributed by atoms with E-state index in [1.807, 2.05) is 51.1 Å². The molecule has 1 rings (SSSR count). The molecule has 0 aliphatic heterocycles. The molecule has 0 heterocycles. The predicted octanol–water partition coefficient (Wildman–Crippen LogP) is 2.30. The summed E-state index contributed by atoms with van der Waals surface area (Å²) in [6.45, 7) is 6.73. The van der Waals surface area contributed by atoms with Crippen LogP contribution in [0.4, 0.5) is 0 Å². The second-order valence-corrected chi connectivity index (χ2v) is 5.28. The molecule has 0 aliphatic rings. The molecule has 4 heteroatoms. The Labute approximate surface area is 120 Å². The van der Waals surface area contributed by atoms with Gasteiger partial charge in [-0.1, -0.05) is 30.3 Å². The number of ether oxygens (including phenoxy) is 1. The summed E-state index contributed by atoms with van der Waals surface area (Å²) in [4.78, 5) is 12.0. The number of benzene rings is 1. The van der Waals surface area contributed by atoms with E-state index < -0.39 is 11.5 Å². The van der Waals surface area contributed by atoms with Gasteiger partial charge in [-0.15, -0.1) is 0 Å². The van der Waals surface area contributed by atoms with Crippen molar-refractivity contribution >= 4 is 5.91 Å². The van der Waals surface area contributed by atoms with Gasteiger partial charge < -0.3 is 10.1 Å². The van der Waals surface area contributed by atoms with E-state index in [1.54, 1.807) is 0 Å². The van der Waals surface area contributed by atoms with Crippen molar-refractivity contribution in [2.75, 3.05) is 13.2 Å². The van der Waals surface area contributed by atoms with E-state index in [9.17, 15) is 4.79 Å². The molecule has 0 saturated carbocycles. The highest BCUT2D eigenvalue weighted by Crippen LogP contribution is 2.10. The summed E-state index contributed by atoms with van der Waals surface area (Å²) >= 11 is 0. The lowest BCUT2D eigenvalue weighted by Crippen LogP contribution is -2.42. The lowest BCUT2D eigenvalue weighted by Gasteiger charge is -2.25. The molecule has 0 aromatic heterocycles. The van der Waals surface area contributed by atoms with Crippen molar-refractivity contribution in [3.05, 3.63) is 35.9 Å². The Morgan fingerprint density at radius 1 is 1.40 bits per heavy atom. The second kappa shape index (κ2) is 7.66. The summed E-state index contributed by atoms with van der Waals surface area (Å²) in [6, 6.07) is 11.6. The molecule has 1 amide bonds. The zero-order chi connectivity index (χ0) is 15.0. The van der Waals surface area contributed by atoms with Gasteiger partial charge in [-0.2, -0.15) is 5.26 Å². The van der Waals surface area contributed by atoms with Gasteiger partial charge in [0.05, 0.1) is 11.7 Å². The van der Waals surface area contributed by atoms with E-state index in [1.165, 1.54) is 0 Å². The molecule has 4 nitrogen and oxygen atoms in total. The maximum Gasteiger partial charge on any atom is 0.237 e. The molecular formula is C16H22N2O2. The van der Waals surface area contributed by atoms with Crippen LogP contribution in [-0.2, 0) is 16.0 Å². The smallest absolute Gasteiger partial charge is 0.237 e.